The average molecular weight is 464 g/mol. The molecule has 1 aromatic carbocycles. The summed E-state index contributed by atoms with van der Waals surface area (Å²) in [5.41, 5.74) is 0.666. The Morgan fingerprint density at radius 2 is 2.10 bits per heavy atom. The standard InChI is InChI=1S/C18H21N3O5S.2ClH/c1-27(23,24)15-6-2-5-14(10-15)26-18-13(4-3-7-20-18)11-21-17(22)16-12-19-8-9-25-16;;/h2-7,10,16,19H,8-9,11-12H2,1H3,(H,21,22);2*1H. The predicted molar refractivity (Wildman–Crippen MR) is 113 cm³/mol. The van der Waals surface area contributed by atoms with Gasteiger partial charge in [0.15, 0.2) is 9.84 Å². The summed E-state index contributed by atoms with van der Waals surface area (Å²) < 4.78 is 34.6. The molecule has 29 heavy (non-hydrogen) atoms. The Labute approximate surface area is 182 Å². The summed E-state index contributed by atoms with van der Waals surface area (Å²) in [7, 11) is -3.34. The molecule has 1 fully saturated rings. The second-order valence-electron chi connectivity index (χ2n) is 6.10. The van der Waals surface area contributed by atoms with Gasteiger partial charge in [0.05, 0.1) is 11.5 Å². The first-order valence-electron chi connectivity index (χ1n) is 8.45. The van der Waals surface area contributed by atoms with E-state index in [0.717, 1.165) is 12.8 Å². The van der Waals surface area contributed by atoms with Crippen LogP contribution in [0.5, 0.6) is 11.6 Å². The molecule has 1 saturated heterocycles. The molecule has 0 spiro atoms. The molecule has 1 atom stereocenters. The number of amides is 1. The maximum atomic E-state index is 12.2. The highest BCUT2D eigenvalue weighted by Gasteiger charge is 2.21. The number of nitrogens with one attached hydrogen (secondary N) is 2. The third kappa shape index (κ3) is 7.13. The number of aromatic nitrogens is 1. The number of nitrogens with zero attached hydrogens (tertiary/aromatic N) is 1. The number of rotatable bonds is 6. The molecule has 1 aliphatic rings. The van der Waals surface area contributed by atoms with E-state index in [2.05, 4.69) is 15.6 Å². The minimum atomic E-state index is -3.34. The van der Waals surface area contributed by atoms with E-state index in [1.54, 1.807) is 30.5 Å². The van der Waals surface area contributed by atoms with E-state index < -0.39 is 15.9 Å². The number of halogens is 2. The highest BCUT2D eigenvalue weighted by molar-refractivity contribution is 7.90. The van der Waals surface area contributed by atoms with Crippen LogP contribution in [0, 0.1) is 0 Å². The average Bonchev–Trinajstić information content (AvgIpc) is 2.67. The van der Waals surface area contributed by atoms with E-state index >= 15 is 0 Å². The molecule has 1 aliphatic heterocycles. The van der Waals surface area contributed by atoms with Crippen LogP contribution in [-0.2, 0) is 25.9 Å². The number of benzene rings is 1. The van der Waals surface area contributed by atoms with Gasteiger partial charge < -0.3 is 20.1 Å². The Morgan fingerprint density at radius 3 is 2.79 bits per heavy atom. The predicted octanol–water partition coefficient (Wildman–Crippen LogP) is 1.73. The molecule has 2 N–H and O–H groups in total. The third-order valence-electron chi connectivity index (χ3n) is 3.97. The van der Waals surface area contributed by atoms with Gasteiger partial charge in [0.2, 0.25) is 5.88 Å². The van der Waals surface area contributed by atoms with Crippen molar-refractivity contribution in [3.63, 3.8) is 0 Å². The van der Waals surface area contributed by atoms with Crippen molar-refractivity contribution in [3.8, 4) is 11.6 Å². The van der Waals surface area contributed by atoms with Gasteiger partial charge in [0.1, 0.15) is 11.9 Å². The van der Waals surface area contributed by atoms with Gasteiger partial charge in [-0.1, -0.05) is 12.1 Å². The number of hydrogen-bond donors (Lipinski definition) is 2. The van der Waals surface area contributed by atoms with Gasteiger partial charge in [-0.2, -0.15) is 0 Å². The Hall–Kier alpha value is -1.91. The van der Waals surface area contributed by atoms with E-state index in [4.69, 9.17) is 9.47 Å². The lowest BCUT2D eigenvalue weighted by Crippen LogP contribution is -2.47. The minimum absolute atomic E-state index is 0. The van der Waals surface area contributed by atoms with Crippen LogP contribution >= 0.6 is 24.8 Å². The first-order valence-corrected chi connectivity index (χ1v) is 10.3. The molecule has 1 amide bonds. The van der Waals surface area contributed by atoms with Gasteiger partial charge in [0, 0.05) is 37.7 Å². The highest BCUT2D eigenvalue weighted by atomic mass is 35.5. The van der Waals surface area contributed by atoms with Crippen molar-refractivity contribution in [3.05, 3.63) is 48.2 Å². The van der Waals surface area contributed by atoms with Crippen LogP contribution in [0.4, 0.5) is 0 Å². The smallest absolute Gasteiger partial charge is 0.250 e. The zero-order chi connectivity index (χ0) is 19.3. The molecule has 2 aromatic rings. The van der Waals surface area contributed by atoms with Crippen molar-refractivity contribution in [1.29, 1.82) is 0 Å². The van der Waals surface area contributed by atoms with Gasteiger partial charge >= 0.3 is 0 Å². The minimum Gasteiger partial charge on any atom is -0.439 e. The molecule has 8 nitrogen and oxygen atoms in total. The maximum absolute atomic E-state index is 12.2. The quantitative estimate of drug-likeness (QED) is 0.671. The molecule has 1 unspecified atom stereocenters. The summed E-state index contributed by atoms with van der Waals surface area (Å²) in [6, 6.07) is 9.70. The van der Waals surface area contributed by atoms with Gasteiger partial charge in [-0.05, 0) is 24.3 Å². The van der Waals surface area contributed by atoms with Gasteiger partial charge in [-0.25, -0.2) is 13.4 Å². The van der Waals surface area contributed by atoms with E-state index in [1.807, 2.05) is 0 Å². The molecular formula is C18H23Cl2N3O5S. The van der Waals surface area contributed by atoms with Crippen molar-refractivity contribution in [1.82, 2.24) is 15.6 Å². The van der Waals surface area contributed by atoms with Crippen LogP contribution in [-0.4, -0.2) is 51.4 Å². The topological polar surface area (TPSA) is 107 Å². The molecular weight excluding hydrogens is 441 g/mol. The van der Waals surface area contributed by atoms with Gasteiger partial charge in [-0.15, -0.1) is 24.8 Å². The molecule has 11 heteroatoms. The van der Waals surface area contributed by atoms with Crippen LogP contribution in [0.2, 0.25) is 0 Å². The molecule has 2 heterocycles. The first-order chi connectivity index (χ1) is 12.9. The van der Waals surface area contributed by atoms with Crippen molar-refractivity contribution in [2.24, 2.45) is 0 Å². The monoisotopic (exact) mass is 463 g/mol. The second-order valence-corrected chi connectivity index (χ2v) is 8.11. The molecule has 0 bridgehead atoms. The lowest BCUT2D eigenvalue weighted by atomic mass is 10.2. The summed E-state index contributed by atoms with van der Waals surface area (Å²) in [4.78, 5) is 16.5. The van der Waals surface area contributed by atoms with E-state index in [0.29, 0.717) is 30.3 Å². The molecule has 3 rings (SSSR count). The van der Waals surface area contributed by atoms with Gasteiger partial charge in [-0.3, -0.25) is 4.79 Å². The summed E-state index contributed by atoms with van der Waals surface area (Å²) in [6.45, 7) is 1.92. The first kappa shape index (κ1) is 25.1. The van der Waals surface area contributed by atoms with Crippen LogP contribution in [0.15, 0.2) is 47.5 Å². The molecule has 160 valence electrons. The number of hydrogen-bond acceptors (Lipinski definition) is 7. The van der Waals surface area contributed by atoms with Crippen LogP contribution in [0.1, 0.15) is 5.56 Å². The Bertz CT molecular complexity index is 921. The molecule has 1 aromatic heterocycles. The summed E-state index contributed by atoms with van der Waals surface area (Å²) in [5.74, 6) is 0.436. The number of morpholine rings is 1. The number of carbonyl (C=O) groups excluding carboxylic acids is 1. The van der Waals surface area contributed by atoms with Crippen molar-refractivity contribution >= 4 is 40.6 Å². The Kier molecular flexibility index (Phi) is 9.81. The highest BCUT2D eigenvalue weighted by Crippen LogP contribution is 2.25. The van der Waals surface area contributed by atoms with Crippen LogP contribution in [0.25, 0.3) is 0 Å². The second kappa shape index (κ2) is 11.3. The summed E-state index contributed by atoms with van der Waals surface area (Å²) in [5, 5.41) is 5.91. The Balaban J connectivity index is 0.00000210. The molecule has 0 radical (unpaired) electrons. The van der Waals surface area contributed by atoms with Crippen molar-refractivity contribution in [2.45, 2.75) is 17.5 Å². The lowest BCUT2D eigenvalue weighted by molar-refractivity contribution is -0.134. The van der Waals surface area contributed by atoms with Crippen LogP contribution in [0.3, 0.4) is 0 Å². The fourth-order valence-corrected chi connectivity index (χ4v) is 3.22. The third-order valence-corrected chi connectivity index (χ3v) is 5.08. The van der Waals surface area contributed by atoms with E-state index in [-0.39, 0.29) is 42.2 Å². The fraction of sp³-hybridized carbons (Fsp3) is 0.333. The summed E-state index contributed by atoms with van der Waals surface area (Å²) in [6.07, 6.45) is 2.18. The zero-order valence-electron chi connectivity index (χ0n) is 15.7. The van der Waals surface area contributed by atoms with E-state index in [1.165, 1.54) is 12.1 Å². The number of carbonyl (C=O) groups is 1. The van der Waals surface area contributed by atoms with Crippen molar-refractivity contribution < 1.29 is 22.7 Å². The van der Waals surface area contributed by atoms with Crippen molar-refractivity contribution in [2.75, 3.05) is 26.0 Å². The normalized spacial score (nSPS) is 16.1. The Morgan fingerprint density at radius 1 is 1.31 bits per heavy atom. The summed E-state index contributed by atoms with van der Waals surface area (Å²) >= 11 is 0. The van der Waals surface area contributed by atoms with Gasteiger partial charge in [0.25, 0.3) is 5.91 Å². The largest absolute Gasteiger partial charge is 0.439 e. The zero-order valence-corrected chi connectivity index (χ0v) is 18.1. The van der Waals surface area contributed by atoms with Crippen LogP contribution < -0.4 is 15.4 Å². The fourth-order valence-electron chi connectivity index (χ4n) is 2.56. The number of ether oxygens (including phenoxy) is 2. The molecule has 0 aliphatic carbocycles. The number of sulfone groups is 1. The molecule has 0 saturated carbocycles. The number of pyridine rings is 1. The SMILES string of the molecule is CS(=O)(=O)c1cccc(Oc2ncccc2CNC(=O)C2CNCCO2)c1.Cl.Cl. The maximum Gasteiger partial charge on any atom is 0.250 e. The van der Waals surface area contributed by atoms with E-state index in [9.17, 15) is 13.2 Å². The lowest BCUT2D eigenvalue weighted by Gasteiger charge is -2.22.